The quantitative estimate of drug-likeness (QED) is 0.638. The fourth-order valence-corrected chi connectivity index (χ4v) is 2.75. The third-order valence-corrected chi connectivity index (χ3v) is 4.21. The van der Waals surface area contributed by atoms with Crippen LogP contribution in [0.1, 0.15) is 15.9 Å². The Morgan fingerprint density at radius 2 is 1.75 bits per heavy atom. The molecule has 0 spiro atoms. The van der Waals surface area contributed by atoms with Gasteiger partial charge in [-0.15, -0.1) is 0 Å². The molecule has 0 aliphatic carbocycles. The normalized spacial score (nSPS) is 10.3. The predicted octanol–water partition coefficient (Wildman–Crippen LogP) is 4.45. The molecule has 8 heteroatoms. The van der Waals surface area contributed by atoms with Crippen molar-refractivity contribution < 1.29 is 14.3 Å². The lowest BCUT2D eigenvalue weighted by atomic mass is 10.2. The zero-order valence-corrected chi connectivity index (χ0v) is 16.4. The molecule has 0 aliphatic heterocycles. The highest BCUT2D eigenvalue weighted by molar-refractivity contribution is 6.32. The van der Waals surface area contributed by atoms with Crippen LogP contribution in [0.15, 0.2) is 48.8 Å². The molecular formula is C20H19ClN4O3. The third-order valence-electron chi connectivity index (χ3n) is 3.91. The van der Waals surface area contributed by atoms with Gasteiger partial charge in [-0.2, -0.15) is 0 Å². The largest absolute Gasteiger partial charge is 0.495 e. The summed E-state index contributed by atoms with van der Waals surface area (Å²) in [6, 6.07) is 10.9. The van der Waals surface area contributed by atoms with E-state index in [2.05, 4.69) is 20.6 Å². The monoisotopic (exact) mass is 398 g/mol. The fourth-order valence-electron chi connectivity index (χ4n) is 2.51. The highest BCUT2D eigenvalue weighted by atomic mass is 35.5. The number of benzene rings is 2. The second kappa shape index (κ2) is 8.58. The number of aryl methyl sites for hydroxylation is 1. The van der Waals surface area contributed by atoms with Gasteiger partial charge in [-0.25, -0.2) is 9.97 Å². The zero-order valence-electron chi connectivity index (χ0n) is 15.6. The van der Waals surface area contributed by atoms with Crippen LogP contribution in [0.4, 0.5) is 17.3 Å². The van der Waals surface area contributed by atoms with Gasteiger partial charge in [0.25, 0.3) is 5.91 Å². The van der Waals surface area contributed by atoms with Crippen molar-refractivity contribution in [3.05, 3.63) is 64.9 Å². The van der Waals surface area contributed by atoms with Gasteiger partial charge in [0, 0.05) is 30.2 Å². The molecule has 0 saturated carbocycles. The summed E-state index contributed by atoms with van der Waals surface area (Å²) in [4.78, 5) is 20.7. The van der Waals surface area contributed by atoms with Crippen molar-refractivity contribution in [3.8, 4) is 11.5 Å². The number of rotatable bonds is 6. The molecule has 144 valence electrons. The summed E-state index contributed by atoms with van der Waals surface area (Å²) in [5, 5.41) is 6.27. The van der Waals surface area contributed by atoms with E-state index in [1.807, 2.05) is 31.2 Å². The van der Waals surface area contributed by atoms with Gasteiger partial charge >= 0.3 is 0 Å². The van der Waals surface area contributed by atoms with Crippen LogP contribution in [0, 0.1) is 6.92 Å². The molecule has 0 unspecified atom stereocenters. The Bertz CT molecular complexity index is 993. The molecule has 3 rings (SSSR count). The maximum atomic E-state index is 12.4. The lowest BCUT2D eigenvalue weighted by Gasteiger charge is -2.13. The van der Waals surface area contributed by atoms with Crippen LogP contribution in [0.25, 0.3) is 0 Å². The summed E-state index contributed by atoms with van der Waals surface area (Å²) in [6.07, 6.45) is 2.89. The molecule has 0 atom stereocenters. The van der Waals surface area contributed by atoms with E-state index in [-0.39, 0.29) is 5.91 Å². The fraction of sp³-hybridized carbons (Fsp3) is 0.150. The van der Waals surface area contributed by atoms with Crippen molar-refractivity contribution in [1.29, 1.82) is 0 Å². The number of nitrogens with one attached hydrogen (secondary N) is 2. The zero-order chi connectivity index (χ0) is 20.1. The topological polar surface area (TPSA) is 85.4 Å². The SMILES string of the molecule is COc1cc(Nc2ncc(C(=O)Nc3cccc(C)c3)cn2)c(OC)cc1Cl. The van der Waals surface area contributed by atoms with Gasteiger partial charge in [0.15, 0.2) is 0 Å². The minimum absolute atomic E-state index is 0.289. The first kappa shape index (κ1) is 19.4. The van der Waals surface area contributed by atoms with Crippen molar-refractivity contribution in [2.24, 2.45) is 0 Å². The van der Waals surface area contributed by atoms with Crippen molar-refractivity contribution in [3.63, 3.8) is 0 Å². The number of amides is 1. The third kappa shape index (κ3) is 4.50. The average molecular weight is 399 g/mol. The molecule has 0 saturated heterocycles. The molecule has 0 radical (unpaired) electrons. The summed E-state index contributed by atoms with van der Waals surface area (Å²) in [6.45, 7) is 1.96. The smallest absolute Gasteiger partial charge is 0.258 e. The number of carbonyl (C=O) groups is 1. The molecular weight excluding hydrogens is 380 g/mol. The number of methoxy groups -OCH3 is 2. The summed E-state index contributed by atoms with van der Waals surface area (Å²) < 4.78 is 10.5. The van der Waals surface area contributed by atoms with Crippen LogP contribution in [-0.4, -0.2) is 30.1 Å². The van der Waals surface area contributed by atoms with Gasteiger partial charge in [-0.3, -0.25) is 4.79 Å². The van der Waals surface area contributed by atoms with E-state index in [4.69, 9.17) is 21.1 Å². The highest BCUT2D eigenvalue weighted by Crippen LogP contribution is 2.36. The molecule has 2 aromatic carbocycles. The standard InChI is InChI=1S/C20H19ClN4O3/c1-12-5-4-6-14(7-12)24-19(26)13-10-22-20(23-11-13)25-16-9-17(27-2)15(21)8-18(16)28-3/h4-11H,1-3H3,(H,24,26)(H,22,23,25). The average Bonchev–Trinajstić information content (AvgIpc) is 2.69. The first-order valence-corrected chi connectivity index (χ1v) is 8.76. The van der Waals surface area contributed by atoms with E-state index in [1.165, 1.54) is 26.6 Å². The lowest BCUT2D eigenvalue weighted by Crippen LogP contribution is -2.13. The van der Waals surface area contributed by atoms with E-state index >= 15 is 0 Å². The Morgan fingerprint density at radius 1 is 1.04 bits per heavy atom. The summed E-state index contributed by atoms with van der Waals surface area (Å²) in [5.41, 5.74) is 2.69. The molecule has 7 nitrogen and oxygen atoms in total. The van der Waals surface area contributed by atoms with Crippen LogP contribution >= 0.6 is 11.6 Å². The molecule has 1 amide bonds. The van der Waals surface area contributed by atoms with E-state index in [1.54, 1.807) is 12.1 Å². The van der Waals surface area contributed by atoms with Crippen LogP contribution in [0.2, 0.25) is 5.02 Å². The van der Waals surface area contributed by atoms with E-state index < -0.39 is 0 Å². The second-order valence-corrected chi connectivity index (χ2v) is 6.34. The van der Waals surface area contributed by atoms with Gasteiger partial charge < -0.3 is 20.1 Å². The Hall–Kier alpha value is -3.32. The Balaban J connectivity index is 1.75. The maximum absolute atomic E-state index is 12.4. The molecule has 0 aliphatic rings. The Morgan fingerprint density at radius 3 is 2.39 bits per heavy atom. The Kier molecular flexibility index (Phi) is 5.96. The molecule has 1 heterocycles. The van der Waals surface area contributed by atoms with Gasteiger partial charge in [-0.05, 0) is 24.6 Å². The van der Waals surface area contributed by atoms with Crippen molar-refractivity contribution >= 4 is 34.8 Å². The van der Waals surface area contributed by atoms with Crippen LogP contribution in [0.5, 0.6) is 11.5 Å². The van der Waals surface area contributed by atoms with E-state index in [0.717, 1.165) is 5.56 Å². The number of aromatic nitrogens is 2. The molecule has 2 N–H and O–H groups in total. The van der Waals surface area contributed by atoms with Gasteiger partial charge in [0.05, 0.1) is 30.5 Å². The maximum Gasteiger partial charge on any atom is 0.258 e. The van der Waals surface area contributed by atoms with E-state index in [0.29, 0.717) is 39.4 Å². The first-order valence-electron chi connectivity index (χ1n) is 8.38. The summed E-state index contributed by atoms with van der Waals surface area (Å²) in [5.74, 6) is 1.01. The number of nitrogens with zero attached hydrogens (tertiary/aromatic N) is 2. The summed E-state index contributed by atoms with van der Waals surface area (Å²) >= 11 is 6.11. The van der Waals surface area contributed by atoms with Gasteiger partial charge in [-0.1, -0.05) is 23.7 Å². The first-order chi connectivity index (χ1) is 13.5. The predicted molar refractivity (Wildman–Crippen MR) is 109 cm³/mol. The van der Waals surface area contributed by atoms with Crippen LogP contribution < -0.4 is 20.1 Å². The second-order valence-electron chi connectivity index (χ2n) is 5.93. The van der Waals surface area contributed by atoms with Crippen molar-refractivity contribution in [1.82, 2.24) is 9.97 Å². The van der Waals surface area contributed by atoms with Crippen LogP contribution in [0.3, 0.4) is 0 Å². The number of halogens is 1. The minimum atomic E-state index is -0.289. The number of hydrogen-bond donors (Lipinski definition) is 2. The van der Waals surface area contributed by atoms with Gasteiger partial charge in [0.2, 0.25) is 5.95 Å². The Labute approximate surface area is 167 Å². The van der Waals surface area contributed by atoms with Crippen molar-refractivity contribution in [2.75, 3.05) is 24.9 Å². The molecule has 28 heavy (non-hydrogen) atoms. The number of hydrogen-bond acceptors (Lipinski definition) is 6. The van der Waals surface area contributed by atoms with Crippen LogP contribution in [-0.2, 0) is 0 Å². The molecule has 0 fully saturated rings. The minimum Gasteiger partial charge on any atom is -0.495 e. The highest BCUT2D eigenvalue weighted by Gasteiger charge is 2.12. The van der Waals surface area contributed by atoms with E-state index in [9.17, 15) is 4.79 Å². The number of anilines is 3. The van der Waals surface area contributed by atoms with Crippen molar-refractivity contribution in [2.45, 2.75) is 6.92 Å². The number of ether oxygens (including phenoxy) is 2. The van der Waals surface area contributed by atoms with Gasteiger partial charge in [0.1, 0.15) is 11.5 Å². The summed E-state index contributed by atoms with van der Waals surface area (Å²) in [7, 11) is 3.05. The molecule has 1 aromatic heterocycles. The number of carbonyl (C=O) groups excluding carboxylic acids is 1. The lowest BCUT2D eigenvalue weighted by molar-refractivity contribution is 0.102. The molecule has 3 aromatic rings. The molecule has 0 bridgehead atoms.